The smallest absolute Gasteiger partial charge is 0.275 e. The Hall–Kier alpha value is -1.61. The molecule has 0 radical (unpaired) electrons. The molecule has 3 heterocycles. The van der Waals surface area contributed by atoms with Crippen molar-refractivity contribution in [2.24, 2.45) is 9.98 Å². The standard InChI is InChI=1S/C11H14N4O4/c16-2-5-9(17)10(18)7(15-5)4-1-12-8-6(4)13-3-14-11(8)19/h1,3,5,7-10,12,15-18H,2H2/t5-,7+,8?,9-,10+/m1/s1. The van der Waals surface area contributed by atoms with Crippen molar-refractivity contribution in [2.45, 2.75) is 30.3 Å². The maximum Gasteiger partial charge on any atom is 0.275 e. The minimum Gasteiger partial charge on any atom is -0.395 e. The summed E-state index contributed by atoms with van der Waals surface area (Å²) >= 11 is 0. The lowest BCUT2D eigenvalue weighted by Crippen LogP contribution is -2.42. The number of aliphatic hydroxyl groups excluding tert-OH is 3. The Morgan fingerprint density at radius 1 is 1.32 bits per heavy atom. The minimum atomic E-state index is -1.07. The fourth-order valence-electron chi connectivity index (χ4n) is 2.60. The van der Waals surface area contributed by atoms with Gasteiger partial charge in [-0.3, -0.25) is 4.79 Å². The molecule has 0 saturated carbocycles. The zero-order chi connectivity index (χ0) is 13.6. The monoisotopic (exact) mass is 266 g/mol. The Bertz CT molecular complexity index is 501. The number of aliphatic imine (C=N–C) groups is 2. The van der Waals surface area contributed by atoms with Crippen molar-refractivity contribution >= 4 is 18.0 Å². The summed E-state index contributed by atoms with van der Waals surface area (Å²) in [5.41, 5.74) is 1.09. The van der Waals surface area contributed by atoms with E-state index in [0.717, 1.165) is 0 Å². The van der Waals surface area contributed by atoms with Gasteiger partial charge in [-0.05, 0) is 0 Å². The second kappa shape index (κ2) is 4.49. The van der Waals surface area contributed by atoms with Gasteiger partial charge in [0.1, 0.15) is 12.4 Å². The Labute approximate surface area is 108 Å². The molecular weight excluding hydrogens is 252 g/mol. The maximum atomic E-state index is 11.6. The van der Waals surface area contributed by atoms with Crippen LogP contribution in [-0.4, -0.2) is 70.2 Å². The predicted molar refractivity (Wildman–Crippen MR) is 65.8 cm³/mol. The third-order valence-corrected chi connectivity index (χ3v) is 3.63. The van der Waals surface area contributed by atoms with Crippen LogP contribution >= 0.6 is 0 Å². The van der Waals surface area contributed by atoms with Crippen molar-refractivity contribution in [3.8, 4) is 0 Å². The summed E-state index contributed by atoms with van der Waals surface area (Å²) < 4.78 is 0. The van der Waals surface area contributed by atoms with Crippen molar-refractivity contribution in [3.05, 3.63) is 11.8 Å². The van der Waals surface area contributed by atoms with Gasteiger partial charge < -0.3 is 26.0 Å². The molecule has 8 nitrogen and oxygen atoms in total. The number of amides is 1. The molecule has 0 spiro atoms. The summed E-state index contributed by atoms with van der Waals surface area (Å²) in [7, 11) is 0. The van der Waals surface area contributed by atoms with Gasteiger partial charge in [0.05, 0.1) is 30.5 Å². The van der Waals surface area contributed by atoms with Gasteiger partial charge in [0.25, 0.3) is 5.91 Å². The molecule has 0 aromatic carbocycles. The van der Waals surface area contributed by atoms with Crippen molar-refractivity contribution in [1.29, 1.82) is 0 Å². The zero-order valence-corrected chi connectivity index (χ0v) is 9.89. The molecule has 0 bridgehead atoms. The molecule has 1 fully saturated rings. The number of nitrogens with zero attached hydrogens (tertiary/aromatic N) is 2. The third kappa shape index (κ3) is 1.80. The van der Waals surface area contributed by atoms with E-state index >= 15 is 0 Å². The van der Waals surface area contributed by atoms with Crippen LogP contribution in [0.2, 0.25) is 0 Å². The molecule has 5 N–H and O–H groups in total. The van der Waals surface area contributed by atoms with Crippen LogP contribution in [-0.2, 0) is 4.79 Å². The highest BCUT2D eigenvalue weighted by molar-refractivity contribution is 6.23. The first-order valence-electron chi connectivity index (χ1n) is 5.97. The average molecular weight is 266 g/mol. The molecule has 1 amide bonds. The van der Waals surface area contributed by atoms with Crippen LogP contribution in [0.1, 0.15) is 0 Å². The summed E-state index contributed by atoms with van der Waals surface area (Å²) in [6, 6.07) is -1.81. The van der Waals surface area contributed by atoms with Gasteiger partial charge in [-0.15, -0.1) is 0 Å². The molecule has 3 aliphatic heterocycles. The maximum absolute atomic E-state index is 11.6. The van der Waals surface area contributed by atoms with E-state index < -0.39 is 30.3 Å². The molecule has 8 heteroatoms. The Morgan fingerprint density at radius 3 is 2.79 bits per heavy atom. The Balaban J connectivity index is 1.86. The highest BCUT2D eigenvalue weighted by atomic mass is 16.3. The molecule has 1 unspecified atom stereocenters. The van der Waals surface area contributed by atoms with Crippen LogP contribution in [0.3, 0.4) is 0 Å². The van der Waals surface area contributed by atoms with Crippen LogP contribution in [0, 0.1) is 0 Å². The normalized spacial score (nSPS) is 40.8. The second-order valence-corrected chi connectivity index (χ2v) is 4.71. The lowest BCUT2D eigenvalue weighted by atomic mass is 9.96. The van der Waals surface area contributed by atoms with Crippen molar-refractivity contribution < 1.29 is 20.1 Å². The van der Waals surface area contributed by atoms with Crippen molar-refractivity contribution in [3.63, 3.8) is 0 Å². The molecule has 0 aromatic rings. The molecule has 0 aromatic heterocycles. The van der Waals surface area contributed by atoms with Gasteiger partial charge in [-0.25, -0.2) is 4.99 Å². The van der Waals surface area contributed by atoms with E-state index in [1.165, 1.54) is 6.34 Å². The van der Waals surface area contributed by atoms with E-state index in [-0.39, 0.29) is 12.5 Å². The number of hydrogen-bond donors (Lipinski definition) is 5. The number of rotatable bonds is 2. The minimum absolute atomic E-state index is 0.286. The van der Waals surface area contributed by atoms with Crippen molar-refractivity contribution in [1.82, 2.24) is 10.6 Å². The number of nitrogens with one attached hydrogen (secondary N) is 2. The number of fused-ring (bicyclic) bond motifs is 1. The van der Waals surface area contributed by atoms with Gasteiger partial charge in [0.2, 0.25) is 0 Å². The van der Waals surface area contributed by atoms with Crippen LogP contribution in [0.5, 0.6) is 0 Å². The summed E-state index contributed by atoms with van der Waals surface area (Å²) in [5.74, 6) is -0.344. The van der Waals surface area contributed by atoms with Crippen LogP contribution in [0.4, 0.5) is 0 Å². The van der Waals surface area contributed by atoms with Gasteiger partial charge in [-0.1, -0.05) is 0 Å². The Morgan fingerprint density at radius 2 is 2.11 bits per heavy atom. The fraction of sp³-hybridized carbons (Fsp3) is 0.545. The SMILES string of the molecule is O=C1N=CN=C2C([C@@H]3N[C@H](CO)[C@@H](O)[C@H]3O)=CNC12. The number of aliphatic hydroxyl groups is 3. The molecule has 3 rings (SSSR count). The van der Waals surface area contributed by atoms with Gasteiger partial charge in [0.15, 0.2) is 6.04 Å². The molecule has 19 heavy (non-hydrogen) atoms. The van der Waals surface area contributed by atoms with Crippen LogP contribution < -0.4 is 10.6 Å². The second-order valence-electron chi connectivity index (χ2n) is 4.71. The highest BCUT2D eigenvalue weighted by Gasteiger charge is 2.46. The Kier molecular flexibility index (Phi) is 2.94. The predicted octanol–water partition coefficient (Wildman–Crippen LogP) is -3.09. The molecular formula is C11H14N4O4. The molecule has 5 atom stereocenters. The first-order valence-corrected chi connectivity index (χ1v) is 5.97. The molecule has 102 valence electrons. The number of carbonyl (C=O) groups is 1. The summed E-state index contributed by atoms with van der Waals surface area (Å²) in [5, 5.41) is 34.7. The van der Waals surface area contributed by atoms with Crippen molar-refractivity contribution in [2.75, 3.05) is 6.61 Å². The first kappa shape index (κ1) is 12.4. The van der Waals surface area contributed by atoms with E-state index in [1.807, 2.05) is 0 Å². The van der Waals surface area contributed by atoms with E-state index in [9.17, 15) is 15.0 Å². The van der Waals surface area contributed by atoms with E-state index in [1.54, 1.807) is 6.20 Å². The largest absolute Gasteiger partial charge is 0.395 e. The lowest BCUT2D eigenvalue weighted by molar-refractivity contribution is -0.118. The van der Waals surface area contributed by atoms with E-state index in [4.69, 9.17) is 5.11 Å². The molecule has 3 aliphatic rings. The quantitative estimate of drug-likeness (QED) is 0.360. The highest BCUT2D eigenvalue weighted by Crippen LogP contribution is 2.25. The van der Waals surface area contributed by atoms with Gasteiger partial charge in [-0.2, -0.15) is 4.99 Å². The summed E-state index contributed by atoms with van der Waals surface area (Å²) in [4.78, 5) is 19.2. The lowest BCUT2D eigenvalue weighted by Gasteiger charge is -2.19. The van der Waals surface area contributed by atoms with Crippen LogP contribution in [0.15, 0.2) is 21.8 Å². The first-order chi connectivity index (χ1) is 9.13. The zero-order valence-electron chi connectivity index (χ0n) is 9.89. The number of carbonyl (C=O) groups excluding carboxylic acids is 1. The summed E-state index contributed by atoms with van der Waals surface area (Å²) in [6.07, 6.45) is 0.629. The number of hydrogen-bond acceptors (Lipinski definition) is 7. The summed E-state index contributed by atoms with van der Waals surface area (Å²) in [6.45, 7) is -0.286. The van der Waals surface area contributed by atoms with E-state index in [2.05, 4.69) is 20.6 Å². The topological polar surface area (TPSA) is 127 Å². The average Bonchev–Trinajstić information content (AvgIpc) is 2.94. The van der Waals surface area contributed by atoms with E-state index in [0.29, 0.717) is 11.3 Å². The molecule has 0 aliphatic carbocycles. The van der Waals surface area contributed by atoms with Gasteiger partial charge >= 0.3 is 0 Å². The van der Waals surface area contributed by atoms with Crippen LogP contribution in [0.25, 0.3) is 0 Å². The third-order valence-electron chi connectivity index (χ3n) is 3.63. The van der Waals surface area contributed by atoms with Gasteiger partial charge in [0, 0.05) is 11.8 Å². The fourth-order valence-corrected chi connectivity index (χ4v) is 2.60. The molecule has 1 saturated heterocycles.